The van der Waals surface area contributed by atoms with Crippen molar-refractivity contribution in [2.24, 2.45) is 7.05 Å². The van der Waals surface area contributed by atoms with Gasteiger partial charge in [-0.2, -0.15) is 5.10 Å². The van der Waals surface area contributed by atoms with Crippen molar-refractivity contribution in [3.63, 3.8) is 0 Å². The van der Waals surface area contributed by atoms with Crippen molar-refractivity contribution < 1.29 is 18.8 Å². The van der Waals surface area contributed by atoms with Crippen molar-refractivity contribution in [2.75, 3.05) is 18.1 Å². The van der Waals surface area contributed by atoms with E-state index in [-0.39, 0.29) is 5.91 Å². The van der Waals surface area contributed by atoms with E-state index in [2.05, 4.69) is 5.10 Å². The molecule has 4 rings (SSSR count). The van der Waals surface area contributed by atoms with Crippen LogP contribution in [0.25, 0.3) is 0 Å². The lowest BCUT2D eigenvalue weighted by Gasteiger charge is -2.32. The highest BCUT2D eigenvalue weighted by atomic mass is 16.7. The number of rotatable bonds is 2. The quantitative estimate of drug-likeness (QED) is 0.743. The Bertz CT molecular complexity index is 922. The molecular formula is C20H26BN3O4. The predicted molar refractivity (Wildman–Crippen MR) is 107 cm³/mol. The summed E-state index contributed by atoms with van der Waals surface area (Å²) in [5, 5.41) is 4.27. The number of nitrogens with zero attached hydrogens (tertiary/aromatic N) is 3. The molecule has 1 amide bonds. The number of hydrogen-bond donors (Lipinski definition) is 0. The first kappa shape index (κ1) is 19.0. The second-order valence-corrected chi connectivity index (χ2v) is 8.46. The van der Waals surface area contributed by atoms with Gasteiger partial charge in [-0.3, -0.25) is 9.48 Å². The molecule has 1 aromatic heterocycles. The molecule has 0 spiro atoms. The average molecular weight is 383 g/mol. The molecule has 2 aliphatic rings. The smallest absolute Gasteiger partial charge is 0.488 e. The second-order valence-electron chi connectivity index (χ2n) is 8.46. The zero-order valence-corrected chi connectivity index (χ0v) is 17.3. The molecule has 7 nitrogen and oxygen atoms in total. The van der Waals surface area contributed by atoms with Crippen LogP contribution in [0.15, 0.2) is 24.4 Å². The van der Waals surface area contributed by atoms with E-state index in [0.29, 0.717) is 24.6 Å². The Labute approximate surface area is 165 Å². The molecule has 28 heavy (non-hydrogen) atoms. The molecule has 0 saturated carbocycles. The van der Waals surface area contributed by atoms with Gasteiger partial charge in [-0.05, 0) is 51.7 Å². The van der Waals surface area contributed by atoms with E-state index >= 15 is 0 Å². The Morgan fingerprint density at radius 2 is 1.82 bits per heavy atom. The zero-order valence-electron chi connectivity index (χ0n) is 17.3. The van der Waals surface area contributed by atoms with Crippen LogP contribution in [0.2, 0.25) is 0 Å². The van der Waals surface area contributed by atoms with Gasteiger partial charge < -0.3 is 18.9 Å². The van der Waals surface area contributed by atoms with E-state index in [1.54, 1.807) is 22.8 Å². The van der Waals surface area contributed by atoms with Gasteiger partial charge in [0.1, 0.15) is 6.61 Å². The average Bonchev–Trinajstić information content (AvgIpc) is 3.02. The van der Waals surface area contributed by atoms with Crippen LogP contribution >= 0.6 is 0 Å². The minimum absolute atomic E-state index is 0.153. The van der Waals surface area contributed by atoms with E-state index in [0.717, 1.165) is 16.7 Å². The molecule has 0 radical (unpaired) electrons. The fourth-order valence-electron chi connectivity index (χ4n) is 3.53. The molecule has 0 bridgehead atoms. The van der Waals surface area contributed by atoms with Gasteiger partial charge in [-0.1, -0.05) is 12.1 Å². The van der Waals surface area contributed by atoms with Gasteiger partial charge in [0.15, 0.2) is 11.4 Å². The van der Waals surface area contributed by atoms with E-state index in [9.17, 15) is 4.79 Å². The topological polar surface area (TPSA) is 65.8 Å². The van der Waals surface area contributed by atoms with Crippen LogP contribution in [0, 0.1) is 6.92 Å². The third-order valence-corrected chi connectivity index (χ3v) is 5.85. The molecule has 2 aromatic rings. The van der Waals surface area contributed by atoms with Gasteiger partial charge in [0, 0.05) is 12.7 Å². The normalized spacial score (nSPS) is 20.7. The Hall–Kier alpha value is -2.32. The molecule has 1 fully saturated rings. The zero-order chi connectivity index (χ0) is 20.3. The summed E-state index contributed by atoms with van der Waals surface area (Å²) in [6.07, 6.45) is 1.73. The minimum Gasteiger partial charge on any atom is -0.488 e. The third-order valence-electron chi connectivity index (χ3n) is 5.85. The highest BCUT2D eigenvalue weighted by molar-refractivity contribution is 6.62. The van der Waals surface area contributed by atoms with Crippen molar-refractivity contribution in [2.45, 2.75) is 45.8 Å². The summed E-state index contributed by atoms with van der Waals surface area (Å²) in [7, 11) is 1.35. The van der Waals surface area contributed by atoms with Crippen molar-refractivity contribution in [3.8, 4) is 5.75 Å². The number of anilines is 1. The van der Waals surface area contributed by atoms with Crippen LogP contribution in [0.5, 0.6) is 5.75 Å². The Morgan fingerprint density at radius 1 is 1.14 bits per heavy atom. The maximum absolute atomic E-state index is 13.0. The molecule has 0 atom stereocenters. The summed E-state index contributed by atoms with van der Waals surface area (Å²) in [5.74, 6) is 0.376. The molecule has 0 N–H and O–H groups in total. The largest absolute Gasteiger partial charge is 0.494 e. The SMILES string of the molecule is Cc1cc(B2OC(C)(C)C(C)(C)O2)ccc1N1CCOc2cn(C)nc2C1=O. The lowest BCUT2D eigenvalue weighted by molar-refractivity contribution is 0.00578. The van der Waals surface area contributed by atoms with Gasteiger partial charge in [0.05, 0.1) is 23.9 Å². The summed E-state index contributed by atoms with van der Waals surface area (Å²) in [5.41, 5.74) is 2.31. The molecule has 0 unspecified atom stereocenters. The molecular weight excluding hydrogens is 357 g/mol. The van der Waals surface area contributed by atoms with Crippen LogP contribution < -0.4 is 15.1 Å². The number of aromatic nitrogens is 2. The molecule has 8 heteroatoms. The Morgan fingerprint density at radius 3 is 2.46 bits per heavy atom. The third kappa shape index (κ3) is 3.01. The second kappa shape index (κ2) is 6.35. The van der Waals surface area contributed by atoms with Crippen molar-refractivity contribution in [1.29, 1.82) is 0 Å². The van der Waals surface area contributed by atoms with E-state index in [1.807, 2.05) is 52.8 Å². The monoisotopic (exact) mass is 383 g/mol. The molecule has 2 aliphatic heterocycles. The standard InChI is InChI=1S/C20H26BN3O4/c1-13-11-14(21-27-19(2,3)20(4,5)28-21)7-8-15(13)24-9-10-26-16-12-23(6)22-17(16)18(24)25/h7-8,11-12H,9-10H2,1-6H3. The maximum atomic E-state index is 13.0. The van der Waals surface area contributed by atoms with Crippen LogP contribution in [-0.4, -0.2) is 47.2 Å². The highest BCUT2D eigenvalue weighted by Crippen LogP contribution is 2.37. The highest BCUT2D eigenvalue weighted by Gasteiger charge is 2.51. The van der Waals surface area contributed by atoms with Gasteiger partial charge in [-0.25, -0.2) is 0 Å². The molecule has 1 saturated heterocycles. The number of fused-ring (bicyclic) bond motifs is 1. The Balaban J connectivity index is 1.63. The van der Waals surface area contributed by atoms with Crippen LogP contribution in [0.3, 0.4) is 0 Å². The summed E-state index contributed by atoms with van der Waals surface area (Å²) >= 11 is 0. The number of hydrogen-bond acceptors (Lipinski definition) is 5. The minimum atomic E-state index is -0.427. The fraction of sp³-hybridized carbons (Fsp3) is 0.500. The Kier molecular flexibility index (Phi) is 4.32. The number of aryl methyl sites for hydroxylation is 2. The van der Waals surface area contributed by atoms with Crippen LogP contribution in [0.1, 0.15) is 43.7 Å². The summed E-state index contributed by atoms with van der Waals surface area (Å²) in [6.45, 7) is 11.0. The number of benzene rings is 1. The lowest BCUT2D eigenvalue weighted by atomic mass is 9.78. The molecule has 1 aromatic carbocycles. The summed E-state index contributed by atoms with van der Waals surface area (Å²) in [4.78, 5) is 14.8. The molecule has 0 aliphatic carbocycles. The predicted octanol–water partition coefficient (Wildman–Crippen LogP) is 2.07. The number of carbonyl (C=O) groups excluding carboxylic acids is 1. The van der Waals surface area contributed by atoms with Crippen LogP contribution in [0.4, 0.5) is 5.69 Å². The fourth-order valence-corrected chi connectivity index (χ4v) is 3.53. The van der Waals surface area contributed by atoms with E-state index < -0.39 is 18.3 Å². The number of carbonyl (C=O) groups is 1. The summed E-state index contributed by atoms with van der Waals surface area (Å²) in [6, 6.07) is 5.93. The first-order valence-electron chi connectivity index (χ1n) is 9.53. The summed E-state index contributed by atoms with van der Waals surface area (Å²) < 4.78 is 19.6. The van der Waals surface area contributed by atoms with Gasteiger partial charge in [-0.15, -0.1) is 0 Å². The van der Waals surface area contributed by atoms with Crippen molar-refractivity contribution in [3.05, 3.63) is 35.7 Å². The van der Waals surface area contributed by atoms with Gasteiger partial charge in [0.2, 0.25) is 0 Å². The molecule has 148 valence electrons. The molecule has 3 heterocycles. The van der Waals surface area contributed by atoms with E-state index in [4.69, 9.17) is 14.0 Å². The van der Waals surface area contributed by atoms with Gasteiger partial charge >= 0.3 is 7.12 Å². The van der Waals surface area contributed by atoms with Crippen molar-refractivity contribution in [1.82, 2.24) is 9.78 Å². The van der Waals surface area contributed by atoms with Crippen molar-refractivity contribution >= 4 is 24.2 Å². The van der Waals surface area contributed by atoms with Gasteiger partial charge in [0.25, 0.3) is 5.91 Å². The number of amides is 1. The first-order valence-corrected chi connectivity index (χ1v) is 9.53. The maximum Gasteiger partial charge on any atom is 0.494 e. The lowest BCUT2D eigenvalue weighted by Crippen LogP contribution is -2.41. The number of ether oxygens (including phenoxy) is 1. The van der Waals surface area contributed by atoms with Crippen LogP contribution in [-0.2, 0) is 16.4 Å². The first-order chi connectivity index (χ1) is 13.1. The van der Waals surface area contributed by atoms with E-state index in [1.165, 1.54) is 0 Å².